The first kappa shape index (κ1) is 13.9. The van der Waals surface area contributed by atoms with Crippen LogP contribution in [0.25, 0.3) is 0 Å². The summed E-state index contributed by atoms with van der Waals surface area (Å²) in [7, 11) is 10.8. The molecule has 0 saturated carbocycles. The van der Waals surface area contributed by atoms with E-state index in [9.17, 15) is 15.0 Å². The molecular weight excluding hydrogens is 209 g/mol. The van der Waals surface area contributed by atoms with E-state index in [4.69, 9.17) is 0 Å². The van der Waals surface area contributed by atoms with Gasteiger partial charge in [-0.05, 0) is 0 Å². The number of carboxylic acids is 1. The minimum atomic E-state index is -0.947. The summed E-state index contributed by atoms with van der Waals surface area (Å²) >= 11 is 0. The minimum absolute atomic E-state index is 0.268. The highest BCUT2D eigenvalue weighted by atomic mass is 16.4. The molecule has 82 valence electrons. The van der Waals surface area contributed by atoms with Gasteiger partial charge in [-0.25, -0.2) is 0 Å². The summed E-state index contributed by atoms with van der Waals surface area (Å²) in [5, 5.41) is 18.3. The molecule has 17 heavy (non-hydrogen) atoms. The lowest BCUT2D eigenvalue weighted by molar-refractivity contribution is -0.138. The Balaban J connectivity index is 3.72. The molecule has 1 aromatic carbocycles. The number of rotatable bonds is 2. The summed E-state index contributed by atoms with van der Waals surface area (Å²) in [5.41, 5.74) is 4.05. The summed E-state index contributed by atoms with van der Waals surface area (Å²) in [6.07, 6.45) is 0. The maximum absolute atomic E-state index is 11.4. The molecule has 0 fully saturated rings. The minimum Gasteiger partial charge on any atom is -0.509 e. The van der Waals surface area contributed by atoms with Crippen LogP contribution in [-0.4, -0.2) is 63.3 Å². The first-order valence-corrected chi connectivity index (χ1v) is 5.65. The Morgan fingerprint density at radius 3 is 1.59 bits per heavy atom. The molecule has 0 spiro atoms. The second-order valence-electron chi connectivity index (χ2n) is 5.15. The standard InChI is InChI=1S/C8H14B6O3/c9-2-1(8(13,14)7(16)17)3(10)5(12)6(15)4(2)11/h15H,9-14H2,(H,16,17). The van der Waals surface area contributed by atoms with Gasteiger partial charge in [0.15, 0.2) is 0 Å². The number of hydrogen-bond donors (Lipinski definition) is 2. The lowest BCUT2D eigenvalue weighted by Crippen LogP contribution is -2.53. The van der Waals surface area contributed by atoms with E-state index in [1.807, 2.05) is 31.4 Å². The number of phenols is 1. The van der Waals surface area contributed by atoms with Crippen LogP contribution in [0.2, 0.25) is 0 Å². The van der Waals surface area contributed by atoms with Gasteiger partial charge in [0.2, 0.25) is 0 Å². The van der Waals surface area contributed by atoms with Gasteiger partial charge in [-0.2, -0.15) is 0 Å². The topological polar surface area (TPSA) is 57.5 Å². The van der Waals surface area contributed by atoms with Crippen LogP contribution in [0.4, 0.5) is 0 Å². The third-order valence-corrected chi connectivity index (χ3v) is 3.75. The fraction of sp³-hybridized carbons (Fsp3) is 0.125. The zero-order valence-electron chi connectivity index (χ0n) is 11.3. The van der Waals surface area contributed by atoms with Gasteiger partial charge in [-0.1, -0.05) is 27.4 Å². The fourth-order valence-electron chi connectivity index (χ4n) is 2.34. The molecule has 3 nitrogen and oxygen atoms in total. The van der Waals surface area contributed by atoms with Crippen molar-refractivity contribution in [2.24, 2.45) is 0 Å². The Kier molecular flexibility index (Phi) is 3.51. The summed E-state index contributed by atoms with van der Waals surface area (Å²) < 4.78 is 0. The molecule has 2 N–H and O–H groups in total. The van der Waals surface area contributed by atoms with Crippen molar-refractivity contribution in [3.63, 3.8) is 0 Å². The predicted molar refractivity (Wildman–Crippen MR) is 87.2 cm³/mol. The molecule has 9 heteroatoms. The van der Waals surface area contributed by atoms with E-state index in [2.05, 4.69) is 0 Å². The quantitative estimate of drug-likeness (QED) is 0.489. The van der Waals surface area contributed by atoms with E-state index in [0.717, 1.165) is 27.4 Å². The highest BCUT2D eigenvalue weighted by Gasteiger charge is 2.33. The molecule has 0 saturated heterocycles. The van der Waals surface area contributed by atoms with Crippen molar-refractivity contribution in [3.05, 3.63) is 5.56 Å². The average molecular weight is 223 g/mol. The van der Waals surface area contributed by atoms with E-state index in [-0.39, 0.29) is 5.75 Å². The Labute approximate surface area is 107 Å². The summed E-state index contributed by atoms with van der Waals surface area (Å²) in [6, 6.07) is 0. The molecule has 1 rings (SSSR count). The van der Waals surface area contributed by atoms with Crippen LogP contribution in [0.1, 0.15) is 5.56 Å². The second kappa shape index (κ2) is 4.28. The molecule has 0 unspecified atom stereocenters. The Hall–Kier alpha value is -1.12. The van der Waals surface area contributed by atoms with Gasteiger partial charge in [0.05, 0.1) is 0 Å². The van der Waals surface area contributed by atoms with E-state index >= 15 is 0 Å². The monoisotopic (exact) mass is 224 g/mol. The van der Waals surface area contributed by atoms with Gasteiger partial charge < -0.3 is 10.2 Å². The van der Waals surface area contributed by atoms with Crippen LogP contribution < -0.4 is 21.9 Å². The van der Waals surface area contributed by atoms with Gasteiger partial charge in [-0.15, -0.1) is 0 Å². The Morgan fingerprint density at radius 1 is 0.941 bits per heavy atom. The highest BCUT2D eigenvalue weighted by molar-refractivity contribution is 6.62. The zero-order valence-corrected chi connectivity index (χ0v) is 11.3. The SMILES string of the molecule is Bc1c(B)c(C(B)(B)C(=O)O)c(B)c(B)c1O. The summed E-state index contributed by atoms with van der Waals surface area (Å²) in [6.45, 7) is 0. The van der Waals surface area contributed by atoms with Gasteiger partial charge in [0.1, 0.15) is 52.8 Å². The third kappa shape index (κ3) is 2.03. The lowest BCUT2D eigenvalue weighted by Gasteiger charge is -2.28. The molecular formula is C8H14B6O3. The Morgan fingerprint density at radius 2 is 1.29 bits per heavy atom. The predicted octanol–water partition coefficient (Wildman–Crippen LogP) is -8.07. The summed E-state index contributed by atoms with van der Waals surface area (Å²) in [5.74, 6) is -0.585. The second-order valence-corrected chi connectivity index (χ2v) is 5.15. The molecule has 0 heterocycles. The molecule has 0 aliphatic rings. The molecule has 0 aliphatic heterocycles. The van der Waals surface area contributed by atoms with Crippen LogP contribution in [-0.2, 0) is 10.0 Å². The first-order valence-electron chi connectivity index (χ1n) is 5.65. The fourth-order valence-corrected chi connectivity index (χ4v) is 2.34. The maximum Gasteiger partial charge on any atom is 0.297 e. The number of aliphatic carboxylic acids is 1. The molecule has 0 bridgehead atoms. The van der Waals surface area contributed by atoms with Crippen molar-refractivity contribution in [2.75, 3.05) is 0 Å². The van der Waals surface area contributed by atoms with Crippen LogP contribution in [0.5, 0.6) is 5.75 Å². The van der Waals surface area contributed by atoms with Crippen LogP contribution in [0, 0.1) is 0 Å². The van der Waals surface area contributed by atoms with Crippen molar-refractivity contribution < 1.29 is 15.0 Å². The number of aromatic hydroxyl groups is 1. The van der Waals surface area contributed by atoms with E-state index < -0.39 is 11.2 Å². The molecule has 0 atom stereocenters. The smallest absolute Gasteiger partial charge is 0.297 e. The number of carbonyl (C=O) groups is 1. The summed E-state index contributed by atoms with van der Waals surface area (Å²) in [4.78, 5) is 11.4. The van der Waals surface area contributed by atoms with Crippen molar-refractivity contribution in [3.8, 4) is 5.75 Å². The number of phenolic OH excluding ortho intramolecular Hbond substituents is 1. The Bertz CT molecular complexity index is 470. The van der Waals surface area contributed by atoms with Crippen molar-refractivity contribution >= 4 is 74.9 Å². The molecule has 1 aromatic rings. The van der Waals surface area contributed by atoms with Crippen molar-refractivity contribution in [1.82, 2.24) is 0 Å². The van der Waals surface area contributed by atoms with E-state index in [1.54, 1.807) is 15.7 Å². The normalized spacial score (nSPS) is 11.3. The molecule has 0 aromatic heterocycles. The number of benzene rings is 1. The molecule has 0 amide bonds. The van der Waals surface area contributed by atoms with Crippen molar-refractivity contribution in [2.45, 2.75) is 5.21 Å². The lowest BCUT2D eigenvalue weighted by atomic mass is 9.46. The van der Waals surface area contributed by atoms with Gasteiger partial charge in [0.25, 0.3) is 5.97 Å². The van der Waals surface area contributed by atoms with E-state index in [1.165, 1.54) is 0 Å². The van der Waals surface area contributed by atoms with Gasteiger partial charge in [-0.3, -0.25) is 4.79 Å². The van der Waals surface area contributed by atoms with Crippen LogP contribution >= 0.6 is 0 Å². The number of hydrogen-bond acceptors (Lipinski definition) is 2. The maximum atomic E-state index is 11.4. The van der Waals surface area contributed by atoms with Crippen LogP contribution in [0.15, 0.2) is 0 Å². The van der Waals surface area contributed by atoms with Crippen molar-refractivity contribution in [1.29, 1.82) is 0 Å². The number of carboxylic acid groups (broad SMARTS) is 1. The first-order chi connectivity index (χ1) is 7.62. The van der Waals surface area contributed by atoms with Crippen LogP contribution in [0.3, 0.4) is 0 Å². The zero-order chi connectivity index (χ0) is 13.5. The average Bonchev–Trinajstić information content (AvgIpc) is 2.23. The van der Waals surface area contributed by atoms with Gasteiger partial charge >= 0.3 is 0 Å². The van der Waals surface area contributed by atoms with Gasteiger partial charge in [0, 0.05) is 5.21 Å². The third-order valence-electron chi connectivity index (χ3n) is 3.75. The molecule has 0 aliphatic carbocycles. The molecule has 0 radical (unpaired) electrons. The van der Waals surface area contributed by atoms with E-state index in [0.29, 0.717) is 0 Å². The largest absolute Gasteiger partial charge is 0.509 e. The highest BCUT2D eigenvalue weighted by Crippen LogP contribution is 2.13.